The Bertz CT molecular complexity index is 72.2. The van der Waals surface area contributed by atoms with Gasteiger partial charge in [0.1, 0.15) is 0 Å². The highest BCUT2D eigenvalue weighted by Crippen LogP contribution is 2.09. The van der Waals surface area contributed by atoms with Gasteiger partial charge in [-0.05, 0) is 6.55 Å². The molecule has 0 aromatic carbocycles. The molecule has 0 aromatic rings. The first-order valence-electron chi connectivity index (χ1n) is 2.21. The molecule has 0 radical (unpaired) electrons. The quantitative estimate of drug-likeness (QED) is 0.518. The van der Waals surface area contributed by atoms with Crippen molar-refractivity contribution in [1.29, 1.82) is 0 Å². The number of hydrogen-bond donors (Lipinski definition) is 1. The predicted octanol–water partition coefficient (Wildman–Crippen LogP) is 1.98. The van der Waals surface area contributed by atoms with Crippen molar-refractivity contribution in [3.63, 3.8) is 0 Å². The zero-order valence-electron chi connectivity index (χ0n) is 4.71. The van der Waals surface area contributed by atoms with Gasteiger partial charge in [-0.3, -0.25) is 0 Å². The summed E-state index contributed by atoms with van der Waals surface area (Å²) in [6.45, 7) is 1.39. The average Bonchev–Trinajstić information content (AvgIpc) is 1.21. The maximum absolute atomic E-state index is 5.64. The molecule has 0 aliphatic heterocycles. The third-order valence-electron chi connectivity index (χ3n) is 0.452. The summed E-state index contributed by atoms with van der Waals surface area (Å²) in [5.41, 5.74) is 0. The van der Waals surface area contributed by atoms with Crippen LogP contribution >= 0.6 is 33.6 Å². The minimum absolute atomic E-state index is 0.137. The molecule has 0 fully saturated rings. The van der Waals surface area contributed by atoms with Gasteiger partial charge in [0.05, 0.1) is 0 Å². The largest absolute Gasteiger partial charge is 0.341 e. The summed E-state index contributed by atoms with van der Waals surface area (Å²) in [5.74, 6) is 0. The molecule has 0 saturated carbocycles. The number of halogens is 3. The van der Waals surface area contributed by atoms with Crippen LogP contribution in [-0.4, -0.2) is 13.1 Å². The Labute approximate surface area is 65.2 Å². The standard InChI is InChI=1S/C2H7BCl3NSi/c1-3(4)7-8(2,5)6/h7H,1-2H3. The lowest BCUT2D eigenvalue weighted by Crippen LogP contribution is -2.43. The average molecular weight is 190 g/mol. The van der Waals surface area contributed by atoms with E-state index in [2.05, 4.69) is 4.89 Å². The molecule has 0 saturated heterocycles. The van der Waals surface area contributed by atoms with E-state index in [0.29, 0.717) is 0 Å². The van der Waals surface area contributed by atoms with Crippen LogP contribution in [-0.2, 0) is 0 Å². The van der Waals surface area contributed by atoms with Crippen LogP contribution in [0.25, 0.3) is 0 Å². The van der Waals surface area contributed by atoms with E-state index in [4.69, 9.17) is 33.6 Å². The third kappa shape index (κ3) is 7.11. The Morgan fingerprint density at radius 2 is 1.88 bits per heavy atom. The summed E-state index contributed by atoms with van der Waals surface area (Å²) in [4.78, 5) is 2.82. The van der Waals surface area contributed by atoms with E-state index in [1.807, 2.05) is 0 Å². The molecule has 0 aliphatic carbocycles. The van der Waals surface area contributed by atoms with Crippen LogP contribution < -0.4 is 4.89 Å². The minimum Gasteiger partial charge on any atom is -0.341 e. The van der Waals surface area contributed by atoms with Crippen LogP contribution in [0.5, 0.6) is 0 Å². The second-order valence-electron chi connectivity index (χ2n) is 1.65. The van der Waals surface area contributed by atoms with Crippen molar-refractivity contribution in [2.24, 2.45) is 0 Å². The Kier molecular flexibility index (Phi) is 3.78. The van der Waals surface area contributed by atoms with E-state index in [1.165, 1.54) is 0 Å². The number of rotatable bonds is 2. The van der Waals surface area contributed by atoms with Gasteiger partial charge < -0.3 is 4.89 Å². The topological polar surface area (TPSA) is 12.0 Å². The SMILES string of the molecule is CB(Cl)N[Si](C)(Cl)Cl. The van der Waals surface area contributed by atoms with Crippen molar-refractivity contribution < 1.29 is 0 Å². The van der Waals surface area contributed by atoms with E-state index in [-0.39, 0.29) is 6.26 Å². The van der Waals surface area contributed by atoms with Crippen molar-refractivity contribution >= 4 is 46.7 Å². The molecule has 0 rings (SSSR count). The normalized spacial score (nSPS) is 11.6. The smallest absolute Gasteiger partial charge is 0.320 e. The molecule has 0 heterocycles. The van der Waals surface area contributed by atoms with E-state index >= 15 is 0 Å². The lowest BCUT2D eigenvalue weighted by Gasteiger charge is -2.11. The summed E-state index contributed by atoms with van der Waals surface area (Å²) in [7, 11) is 0. The lowest BCUT2D eigenvalue weighted by atomic mass is 10.0. The molecule has 0 amide bonds. The lowest BCUT2D eigenvalue weighted by molar-refractivity contribution is 1.52. The first kappa shape index (κ1) is 9.11. The van der Waals surface area contributed by atoms with Crippen molar-refractivity contribution in [2.75, 3.05) is 0 Å². The molecule has 1 nitrogen and oxygen atoms in total. The summed E-state index contributed by atoms with van der Waals surface area (Å²) >= 11 is 16.8. The second kappa shape index (κ2) is 3.32. The Morgan fingerprint density at radius 1 is 1.50 bits per heavy atom. The zero-order valence-corrected chi connectivity index (χ0v) is 7.98. The first-order chi connectivity index (χ1) is 3.42. The van der Waals surface area contributed by atoms with Gasteiger partial charge in [0.15, 0.2) is 0 Å². The van der Waals surface area contributed by atoms with Gasteiger partial charge in [0.25, 0.3) is 0 Å². The molecule has 0 atom stereocenters. The van der Waals surface area contributed by atoms with Crippen LogP contribution in [0.1, 0.15) is 0 Å². The minimum atomic E-state index is -2.16. The van der Waals surface area contributed by atoms with Gasteiger partial charge in [-0.15, -0.1) is 22.2 Å². The molecule has 0 aliphatic rings. The maximum atomic E-state index is 5.64. The second-order valence-corrected chi connectivity index (χ2v) is 9.48. The molecular formula is C2H7BCl3NSi. The molecule has 1 N–H and O–H groups in total. The van der Waals surface area contributed by atoms with Crippen molar-refractivity contribution in [1.82, 2.24) is 4.89 Å². The Hall–Kier alpha value is 1.11. The van der Waals surface area contributed by atoms with Crippen molar-refractivity contribution in [3.8, 4) is 0 Å². The molecule has 0 aromatic heterocycles. The van der Waals surface area contributed by atoms with Crippen LogP contribution in [0, 0.1) is 0 Å². The molecule has 6 heteroatoms. The highest BCUT2D eigenvalue weighted by atomic mass is 35.7. The van der Waals surface area contributed by atoms with Gasteiger partial charge in [0.2, 0.25) is 0 Å². The maximum Gasteiger partial charge on any atom is 0.320 e. The van der Waals surface area contributed by atoms with E-state index in [0.717, 1.165) is 0 Å². The van der Waals surface area contributed by atoms with E-state index in [1.54, 1.807) is 13.4 Å². The first-order valence-corrected chi connectivity index (χ1v) is 7.17. The summed E-state index contributed by atoms with van der Waals surface area (Å²) in [6, 6.07) is 0. The molecule has 8 heavy (non-hydrogen) atoms. The van der Waals surface area contributed by atoms with Gasteiger partial charge in [-0.2, -0.15) is 11.5 Å². The molecular weight excluding hydrogens is 183 g/mol. The number of nitrogens with one attached hydrogen (secondary N) is 1. The van der Waals surface area contributed by atoms with Crippen LogP contribution in [0.3, 0.4) is 0 Å². The van der Waals surface area contributed by atoms with E-state index < -0.39 is 6.86 Å². The van der Waals surface area contributed by atoms with Gasteiger partial charge in [-0.25, -0.2) is 0 Å². The highest BCUT2D eigenvalue weighted by molar-refractivity contribution is 7.46. The van der Waals surface area contributed by atoms with Crippen molar-refractivity contribution in [3.05, 3.63) is 0 Å². The van der Waals surface area contributed by atoms with Crippen LogP contribution in [0.2, 0.25) is 13.4 Å². The molecule has 48 valence electrons. The fraction of sp³-hybridized carbons (Fsp3) is 1.00. The Morgan fingerprint density at radius 3 is 1.88 bits per heavy atom. The van der Waals surface area contributed by atoms with Crippen molar-refractivity contribution in [2.45, 2.75) is 13.4 Å². The molecule has 0 bridgehead atoms. The Balaban J connectivity index is 3.39. The van der Waals surface area contributed by atoms with Gasteiger partial charge in [-0.1, -0.05) is 6.82 Å². The van der Waals surface area contributed by atoms with Gasteiger partial charge in [0, 0.05) is 0 Å². The monoisotopic (exact) mass is 189 g/mol. The number of hydrogen-bond acceptors (Lipinski definition) is 1. The summed E-state index contributed by atoms with van der Waals surface area (Å²) in [6.07, 6.45) is -0.137. The van der Waals surface area contributed by atoms with E-state index in [9.17, 15) is 0 Å². The fourth-order valence-electron chi connectivity index (χ4n) is 0.349. The molecule has 0 spiro atoms. The van der Waals surface area contributed by atoms with Crippen LogP contribution in [0.15, 0.2) is 0 Å². The zero-order chi connectivity index (χ0) is 6.78. The summed E-state index contributed by atoms with van der Waals surface area (Å²) in [5, 5.41) is 0. The summed E-state index contributed by atoms with van der Waals surface area (Å²) < 4.78 is 0. The third-order valence-corrected chi connectivity index (χ3v) is 2.34. The van der Waals surface area contributed by atoms with Crippen LogP contribution in [0.4, 0.5) is 0 Å². The van der Waals surface area contributed by atoms with Gasteiger partial charge >= 0.3 is 13.1 Å². The fourth-order valence-corrected chi connectivity index (χ4v) is 3.02. The predicted molar refractivity (Wildman–Crippen MR) is 43.9 cm³/mol. The molecule has 0 unspecified atom stereocenters. The highest BCUT2D eigenvalue weighted by Gasteiger charge is 2.23.